The summed E-state index contributed by atoms with van der Waals surface area (Å²) >= 11 is 0. The molecule has 5 heteroatoms. The summed E-state index contributed by atoms with van der Waals surface area (Å²) in [4.78, 5) is 12.4. The maximum absolute atomic E-state index is 12.4. The van der Waals surface area contributed by atoms with Crippen LogP contribution in [0.1, 0.15) is 123 Å². The van der Waals surface area contributed by atoms with Crippen molar-refractivity contribution >= 4 is 27.6 Å². The number of aliphatic hydroxyl groups excluding tert-OH is 1. The van der Waals surface area contributed by atoms with Crippen molar-refractivity contribution in [3.05, 3.63) is 95.8 Å². The number of unbranched alkanes of at least 4 members (excludes halogenated alkanes) is 4. The van der Waals surface area contributed by atoms with Crippen LogP contribution in [0.4, 0.5) is 0 Å². The number of hydrogen-bond acceptors (Lipinski definition) is 4. The van der Waals surface area contributed by atoms with Crippen molar-refractivity contribution in [1.29, 1.82) is 0 Å². The molecule has 47 heavy (non-hydrogen) atoms. The van der Waals surface area contributed by atoms with Crippen LogP contribution >= 0.6 is 0 Å². The monoisotopic (exact) mass is 658 g/mol. The first-order chi connectivity index (χ1) is 22.7. The van der Waals surface area contributed by atoms with Crippen LogP contribution in [-0.4, -0.2) is 34.3 Å². The van der Waals surface area contributed by atoms with Gasteiger partial charge in [-0.15, -0.1) is 0 Å². The third-order valence-corrected chi connectivity index (χ3v) is 10.2. The number of hydrogen-bond donors (Lipinski definition) is 1. The predicted molar refractivity (Wildman–Crippen MR) is 202 cm³/mol. The maximum Gasteiger partial charge on any atom is 0.302 e. The summed E-state index contributed by atoms with van der Waals surface area (Å²) in [6, 6.07) is 21.6. The van der Waals surface area contributed by atoms with Crippen LogP contribution in [0.3, 0.4) is 0 Å². The van der Waals surface area contributed by atoms with Crippen molar-refractivity contribution < 1.29 is 19.1 Å². The van der Waals surface area contributed by atoms with Crippen molar-refractivity contribution in [3.63, 3.8) is 0 Å². The van der Waals surface area contributed by atoms with Gasteiger partial charge in [0, 0.05) is 25.0 Å². The first kappa shape index (κ1) is 38.6. The number of esters is 1. The average molecular weight is 659 g/mol. The van der Waals surface area contributed by atoms with E-state index < -0.39 is 0 Å². The second-order valence-corrected chi connectivity index (χ2v) is 14.8. The molecule has 2 aromatic carbocycles. The van der Waals surface area contributed by atoms with Gasteiger partial charge in [0.2, 0.25) is 10.5 Å². The van der Waals surface area contributed by atoms with E-state index in [0.717, 1.165) is 62.7 Å². The van der Waals surface area contributed by atoms with E-state index in [-0.39, 0.29) is 35.9 Å². The first-order valence-electron chi connectivity index (χ1n) is 18.2. The Morgan fingerprint density at radius 1 is 0.936 bits per heavy atom. The number of benzene rings is 2. The fourth-order valence-electron chi connectivity index (χ4n) is 7.17. The lowest BCUT2D eigenvalue weighted by atomic mass is 9.68. The number of ether oxygens (including phenoxy) is 1. The van der Waals surface area contributed by atoms with Crippen LogP contribution in [0.2, 0.25) is 0 Å². The lowest BCUT2D eigenvalue weighted by Gasteiger charge is -2.39. The summed E-state index contributed by atoms with van der Waals surface area (Å²) in [5.74, 6) is 1.40. The zero-order chi connectivity index (χ0) is 34.1. The number of rotatable bonds is 18. The maximum atomic E-state index is 12.4. The highest BCUT2D eigenvalue weighted by atomic mass is 28.2. The third kappa shape index (κ3) is 12.3. The molecule has 258 valence electrons. The lowest BCUT2D eigenvalue weighted by molar-refractivity contribution is -0.151. The fraction of sp³-hybridized carbons (Fsp3) is 0.548. The zero-order valence-electron chi connectivity index (χ0n) is 30.2. The summed E-state index contributed by atoms with van der Waals surface area (Å²) in [6.07, 6.45) is 19.5. The Labute approximate surface area is 289 Å². The van der Waals surface area contributed by atoms with Gasteiger partial charge in [0.1, 0.15) is 11.9 Å². The van der Waals surface area contributed by atoms with Crippen LogP contribution < -0.4 is 0 Å². The van der Waals surface area contributed by atoms with E-state index in [9.17, 15) is 9.90 Å². The highest BCUT2D eigenvalue weighted by Crippen LogP contribution is 2.48. The molecule has 3 rings (SSSR count). The average Bonchev–Trinajstić information content (AvgIpc) is 3.06. The van der Waals surface area contributed by atoms with E-state index in [1.54, 1.807) is 0 Å². The summed E-state index contributed by atoms with van der Waals surface area (Å²) in [7, 11) is 0.569. The van der Waals surface area contributed by atoms with Crippen LogP contribution in [0, 0.1) is 23.2 Å². The smallest absolute Gasteiger partial charge is 0.302 e. The van der Waals surface area contributed by atoms with Gasteiger partial charge in [-0.25, -0.2) is 0 Å². The highest BCUT2D eigenvalue weighted by molar-refractivity contribution is 6.04. The molecule has 0 bridgehead atoms. The third-order valence-electron chi connectivity index (χ3n) is 9.76. The molecule has 1 N–H and O–H groups in total. The molecule has 0 amide bonds. The van der Waals surface area contributed by atoms with Crippen LogP contribution in [0.25, 0.3) is 11.1 Å². The SMILES string of the molecule is CCCCC/C=C\CC(/C=C(O[SiH3])\C(=C(\c1ccccc1)[C@H]1CCCC[C@H]1C(CCCCO)OC(C)=O)c1ccccc1)C(C)(C)C. The van der Waals surface area contributed by atoms with Crippen molar-refractivity contribution in [2.75, 3.05) is 6.61 Å². The summed E-state index contributed by atoms with van der Waals surface area (Å²) in [5.41, 5.74) is 4.87. The number of carbonyl (C=O) groups excluding carboxylic acids is 1. The molecule has 1 aliphatic carbocycles. The van der Waals surface area contributed by atoms with Gasteiger partial charge < -0.3 is 14.3 Å². The molecular formula is C42H62O4Si. The van der Waals surface area contributed by atoms with Crippen molar-refractivity contribution in [1.82, 2.24) is 0 Å². The van der Waals surface area contributed by atoms with Crippen LogP contribution in [0.5, 0.6) is 0 Å². The Kier molecular flexibility index (Phi) is 16.8. The Balaban J connectivity index is 2.26. The molecule has 1 saturated carbocycles. The van der Waals surface area contributed by atoms with Gasteiger partial charge >= 0.3 is 5.97 Å². The van der Waals surface area contributed by atoms with E-state index in [0.29, 0.717) is 22.8 Å². The molecule has 1 fully saturated rings. The Morgan fingerprint density at radius 2 is 1.60 bits per heavy atom. The van der Waals surface area contributed by atoms with Gasteiger partial charge in [0.05, 0.1) is 0 Å². The lowest BCUT2D eigenvalue weighted by Crippen LogP contribution is -2.35. The molecule has 0 heterocycles. The largest absolute Gasteiger partial charge is 0.553 e. The highest BCUT2D eigenvalue weighted by Gasteiger charge is 2.38. The van der Waals surface area contributed by atoms with Crippen LogP contribution in [0.15, 0.2) is 84.7 Å². The van der Waals surface area contributed by atoms with Crippen LogP contribution in [-0.2, 0) is 14.0 Å². The molecule has 0 saturated heterocycles. The minimum absolute atomic E-state index is 0.0499. The second kappa shape index (κ2) is 20.5. The quantitative estimate of drug-likeness (QED) is 0.0330. The molecule has 2 aromatic rings. The molecule has 0 aromatic heterocycles. The molecule has 1 aliphatic rings. The minimum Gasteiger partial charge on any atom is -0.553 e. The topological polar surface area (TPSA) is 55.8 Å². The predicted octanol–water partition coefficient (Wildman–Crippen LogP) is 9.87. The normalized spacial score (nSPS) is 19.3. The van der Waals surface area contributed by atoms with Gasteiger partial charge in [-0.05, 0) is 91.4 Å². The summed E-state index contributed by atoms with van der Waals surface area (Å²) < 4.78 is 12.7. The number of aliphatic hydroxyl groups is 1. The van der Waals surface area contributed by atoms with Gasteiger partial charge in [0.25, 0.3) is 0 Å². The first-order valence-corrected chi connectivity index (χ1v) is 19.1. The van der Waals surface area contributed by atoms with Crippen molar-refractivity contribution in [2.24, 2.45) is 23.2 Å². The van der Waals surface area contributed by atoms with Crippen molar-refractivity contribution in [2.45, 2.75) is 118 Å². The van der Waals surface area contributed by atoms with E-state index in [1.807, 2.05) is 0 Å². The Bertz CT molecular complexity index is 1270. The molecule has 4 nitrogen and oxygen atoms in total. The van der Waals surface area contributed by atoms with Gasteiger partial charge in [-0.1, -0.05) is 126 Å². The van der Waals surface area contributed by atoms with Gasteiger partial charge in [-0.3, -0.25) is 4.79 Å². The summed E-state index contributed by atoms with van der Waals surface area (Å²) in [5, 5.41) is 9.54. The Hall–Kier alpha value is -2.89. The van der Waals surface area contributed by atoms with Crippen molar-refractivity contribution in [3.8, 4) is 0 Å². The van der Waals surface area contributed by atoms with E-state index in [2.05, 4.69) is 107 Å². The van der Waals surface area contributed by atoms with E-state index >= 15 is 0 Å². The number of carbonyl (C=O) groups is 1. The standard InChI is InChI=1S/C42H62O4Si/c1-6-7-8-9-10-17-26-35(42(3,4)5)31-39(46-47)41(34-24-15-12-16-25-34)40(33-22-13-11-14-23-33)37-28-19-18-27-36(37)38(45-32(2)44)29-20-21-30-43/h10-17,22-25,31,35-38,43H,6-9,18-21,26-30H2,1-5,47H3/b17-10-,39-31+,41-40-/t35?,36-,37+,38?/m1/s1. The number of allylic oxidation sites excluding steroid dienone is 5. The van der Waals surface area contributed by atoms with E-state index in [1.165, 1.54) is 42.9 Å². The summed E-state index contributed by atoms with van der Waals surface area (Å²) in [6.45, 7) is 10.9. The molecule has 0 radical (unpaired) electrons. The molecule has 4 atom stereocenters. The molecule has 0 spiro atoms. The van der Waals surface area contributed by atoms with E-state index in [4.69, 9.17) is 9.16 Å². The zero-order valence-corrected chi connectivity index (χ0v) is 32.2. The second-order valence-electron chi connectivity index (χ2n) is 14.4. The van der Waals surface area contributed by atoms with Gasteiger partial charge in [-0.2, -0.15) is 0 Å². The minimum atomic E-state index is -0.226. The Morgan fingerprint density at radius 3 is 2.19 bits per heavy atom. The molecule has 0 aliphatic heterocycles. The van der Waals surface area contributed by atoms with Gasteiger partial charge in [0.15, 0.2) is 0 Å². The fourth-order valence-corrected chi connectivity index (χ4v) is 7.51. The molecular weight excluding hydrogens is 597 g/mol. The molecule has 2 unspecified atom stereocenters.